The minimum absolute atomic E-state index is 0.880. The first-order chi connectivity index (χ1) is 10.8. The van der Waals surface area contributed by atoms with Crippen LogP contribution in [-0.4, -0.2) is 12.1 Å². The summed E-state index contributed by atoms with van der Waals surface area (Å²) in [5.41, 5.74) is 2.34. The molecule has 1 N–H and O–H groups in total. The molecule has 0 bridgehead atoms. The molecule has 5 aromatic rings. The SMILES string of the molecule is COc1ccc2c(c1)[nH]c1c2ccc2sc3ccccc3c21. The van der Waals surface area contributed by atoms with Gasteiger partial charge in [0.05, 0.1) is 18.1 Å². The summed E-state index contributed by atoms with van der Waals surface area (Å²) in [6.45, 7) is 0. The predicted molar refractivity (Wildman–Crippen MR) is 95.2 cm³/mol. The van der Waals surface area contributed by atoms with Crippen LogP contribution >= 0.6 is 11.3 Å². The predicted octanol–water partition coefficient (Wildman–Crippen LogP) is 5.70. The van der Waals surface area contributed by atoms with Crippen molar-refractivity contribution in [3.8, 4) is 5.75 Å². The normalized spacial score (nSPS) is 11.9. The van der Waals surface area contributed by atoms with Gasteiger partial charge < -0.3 is 9.72 Å². The van der Waals surface area contributed by atoms with Crippen LogP contribution < -0.4 is 4.74 Å². The molecule has 3 heteroatoms. The van der Waals surface area contributed by atoms with Gasteiger partial charge in [0.2, 0.25) is 0 Å². The van der Waals surface area contributed by atoms with Gasteiger partial charge in [-0.15, -0.1) is 11.3 Å². The molecule has 0 fully saturated rings. The maximum atomic E-state index is 5.34. The lowest BCUT2D eigenvalue weighted by atomic mass is 10.1. The van der Waals surface area contributed by atoms with Gasteiger partial charge >= 0.3 is 0 Å². The van der Waals surface area contributed by atoms with E-state index in [1.165, 1.54) is 36.5 Å². The smallest absolute Gasteiger partial charge is 0.120 e. The summed E-state index contributed by atoms with van der Waals surface area (Å²) >= 11 is 1.85. The quantitative estimate of drug-likeness (QED) is 0.422. The first kappa shape index (κ1) is 12.1. The molecule has 0 aliphatic heterocycles. The average Bonchev–Trinajstić information content (AvgIpc) is 3.11. The number of benzene rings is 3. The van der Waals surface area contributed by atoms with Crippen molar-refractivity contribution in [1.29, 1.82) is 0 Å². The molecule has 2 aromatic heterocycles. The number of aromatic amines is 1. The van der Waals surface area contributed by atoms with Crippen LogP contribution in [0.4, 0.5) is 0 Å². The second kappa shape index (κ2) is 4.24. The van der Waals surface area contributed by atoms with Gasteiger partial charge in [-0.2, -0.15) is 0 Å². The van der Waals surface area contributed by atoms with Crippen LogP contribution in [0.25, 0.3) is 42.0 Å². The Bertz CT molecular complexity index is 1170. The van der Waals surface area contributed by atoms with Crippen molar-refractivity contribution in [2.24, 2.45) is 0 Å². The highest BCUT2D eigenvalue weighted by molar-refractivity contribution is 7.26. The van der Waals surface area contributed by atoms with E-state index in [4.69, 9.17) is 4.74 Å². The Morgan fingerprint density at radius 3 is 2.64 bits per heavy atom. The van der Waals surface area contributed by atoms with Crippen LogP contribution in [0.5, 0.6) is 5.75 Å². The van der Waals surface area contributed by atoms with Crippen molar-refractivity contribution in [1.82, 2.24) is 4.98 Å². The van der Waals surface area contributed by atoms with Crippen LogP contribution in [0.3, 0.4) is 0 Å². The van der Waals surface area contributed by atoms with E-state index in [9.17, 15) is 0 Å². The lowest BCUT2D eigenvalue weighted by Gasteiger charge is -1.98. The van der Waals surface area contributed by atoms with E-state index < -0.39 is 0 Å². The number of fused-ring (bicyclic) bond motifs is 7. The molecule has 2 heterocycles. The third-order valence-electron chi connectivity index (χ3n) is 4.32. The topological polar surface area (TPSA) is 25.0 Å². The highest BCUT2D eigenvalue weighted by Crippen LogP contribution is 2.40. The molecule has 3 aromatic carbocycles. The lowest BCUT2D eigenvalue weighted by Crippen LogP contribution is -1.80. The lowest BCUT2D eigenvalue weighted by molar-refractivity contribution is 0.415. The molecular weight excluding hydrogens is 290 g/mol. The highest BCUT2D eigenvalue weighted by Gasteiger charge is 2.12. The first-order valence-electron chi connectivity index (χ1n) is 7.25. The van der Waals surface area contributed by atoms with Crippen LogP contribution in [0.1, 0.15) is 0 Å². The molecule has 0 aliphatic rings. The van der Waals surface area contributed by atoms with E-state index >= 15 is 0 Å². The van der Waals surface area contributed by atoms with E-state index in [0.717, 1.165) is 11.3 Å². The largest absolute Gasteiger partial charge is 0.497 e. The second-order valence-corrected chi connectivity index (χ2v) is 6.58. The van der Waals surface area contributed by atoms with Crippen LogP contribution in [0.15, 0.2) is 54.6 Å². The Kier molecular flexibility index (Phi) is 2.33. The van der Waals surface area contributed by atoms with Gasteiger partial charge in [-0.1, -0.05) is 24.3 Å². The molecule has 0 spiro atoms. The molecule has 0 amide bonds. The number of hydrogen-bond donors (Lipinski definition) is 1. The maximum absolute atomic E-state index is 5.34. The Labute approximate surface area is 130 Å². The third kappa shape index (κ3) is 1.49. The molecule has 0 atom stereocenters. The van der Waals surface area contributed by atoms with E-state index in [-0.39, 0.29) is 0 Å². The van der Waals surface area contributed by atoms with Gasteiger partial charge in [-0.05, 0) is 24.3 Å². The number of nitrogens with one attached hydrogen (secondary N) is 1. The molecular formula is C19H13NOS. The molecule has 0 saturated carbocycles. The van der Waals surface area contributed by atoms with Crippen molar-refractivity contribution in [3.05, 3.63) is 54.6 Å². The standard InChI is InChI=1S/C19H13NOS/c1-21-11-6-7-12-13-8-9-17-18(19(13)20-15(12)10-11)14-4-2-3-5-16(14)22-17/h2-10,20H,1H3. The summed E-state index contributed by atoms with van der Waals surface area (Å²) in [6.07, 6.45) is 0. The van der Waals surface area contributed by atoms with Crippen molar-refractivity contribution >= 4 is 53.3 Å². The summed E-state index contributed by atoms with van der Waals surface area (Å²) in [4.78, 5) is 3.60. The molecule has 0 radical (unpaired) electrons. The monoisotopic (exact) mass is 303 g/mol. The van der Waals surface area contributed by atoms with E-state index in [2.05, 4.69) is 53.5 Å². The molecule has 2 nitrogen and oxygen atoms in total. The summed E-state index contributed by atoms with van der Waals surface area (Å²) in [5, 5.41) is 5.17. The maximum Gasteiger partial charge on any atom is 0.120 e. The van der Waals surface area contributed by atoms with Crippen molar-refractivity contribution in [2.75, 3.05) is 7.11 Å². The van der Waals surface area contributed by atoms with Gasteiger partial charge in [0.1, 0.15) is 5.75 Å². The summed E-state index contributed by atoms with van der Waals surface area (Å²) in [5.74, 6) is 0.880. The van der Waals surface area contributed by atoms with E-state index in [1.54, 1.807) is 7.11 Å². The fourth-order valence-corrected chi connectivity index (χ4v) is 4.41. The highest BCUT2D eigenvalue weighted by atomic mass is 32.1. The van der Waals surface area contributed by atoms with Crippen LogP contribution in [-0.2, 0) is 0 Å². The fraction of sp³-hybridized carbons (Fsp3) is 0.0526. The zero-order valence-electron chi connectivity index (χ0n) is 12.0. The molecule has 5 rings (SSSR count). The number of aromatic nitrogens is 1. The van der Waals surface area contributed by atoms with Gasteiger partial charge in [0.25, 0.3) is 0 Å². The van der Waals surface area contributed by atoms with Crippen LogP contribution in [0, 0.1) is 0 Å². The number of ether oxygens (including phenoxy) is 1. The van der Waals surface area contributed by atoms with Gasteiger partial charge in [0, 0.05) is 37.0 Å². The zero-order chi connectivity index (χ0) is 14.7. The number of thiophene rings is 1. The zero-order valence-corrected chi connectivity index (χ0v) is 12.8. The van der Waals surface area contributed by atoms with Crippen molar-refractivity contribution < 1.29 is 4.74 Å². The molecule has 0 aliphatic carbocycles. The summed E-state index contributed by atoms with van der Waals surface area (Å²) < 4.78 is 8.00. The third-order valence-corrected chi connectivity index (χ3v) is 5.46. The van der Waals surface area contributed by atoms with Crippen LogP contribution in [0.2, 0.25) is 0 Å². The Morgan fingerprint density at radius 1 is 0.864 bits per heavy atom. The number of rotatable bonds is 1. The van der Waals surface area contributed by atoms with E-state index in [1.807, 2.05) is 17.4 Å². The number of hydrogen-bond acceptors (Lipinski definition) is 2. The second-order valence-electron chi connectivity index (χ2n) is 5.50. The molecule has 22 heavy (non-hydrogen) atoms. The summed E-state index contributed by atoms with van der Waals surface area (Å²) in [6, 6.07) is 19.3. The Balaban J connectivity index is 2.03. The molecule has 106 valence electrons. The minimum Gasteiger partial charge on any atom is -0.497 e. The van der Waals surface area contributed by atoms with E-state index in [0.29, 0.717) is 0 Å². The van der Waals surface area contributed by atoms with Crippen molar-refractivity contribution in [2.45, 2.75) is 0 Å². The number of methoxy groups -OCH3 is 1. The first-order valence-corrected chi connectivity index (χ1v) is 8.06. The summed E-state index contributed by atoms with van der Waals surface area (Å²) in [7, 11) is 1.70. The van der Waals surface area contributed by atoms with Gasteiger partial charge in [-0.25, -0.2) is 0 Å². The Morgan fingerprint density at radius 2 is 1.73 bits per heavy atom. The molecule has 0 saturated heterocycles. The minimum atomic E-state index is 0.880. The van der Waals surface area contributed by atoms with Gasteiger partial charge in [0.15, 0.2) is 0 Å². The Hall–Kier alpha value is -2.52. The van der Waals surface area contributed by atoms with Gasteiger partial charge in [-0.3, -0.25) is 0 Å². The van der Waals surface area contributed by atoms with Crippen molar-refractivity contribution in [3.63, 3.8) is 0 Å². The number of H-pyrrole nitrogens is 1. The molecule has 0 unspecified atom stereocenters. The fourth-order valence-electron chi connectivity index (χ4n) is 3.29. The average molecular weight is 303 g/mol.